The van der Waals surface area contributed by atoms with Gasteiger partial charge in [0.05, 0.1) is 12.7 Å². The van der Waals surface area contributed by atoms with Gasteiger partial charge in [-0.15, -0.1) is 0 Å². The first-order valence-electron chi connectivity index (χ1n) is 6.31. The van der Waals surface area contributed by atoms with E-state index in [2.05, 4.69) is 0 Å². The Morgan fingerprint density at radius 2 is 1.62 bits per heavy atom. The zero-order chi connectivity index (χ0) is 15.2. The Balaban J connectivity index is 2.30. The number of ether oxygens (including phenoxy) is 1. The molecule has 0 saturated heterocycles. The maximum absolute atomic E-state index is 12.2. The molecule has 4 heteroatoms. The Bertz CT molecular complexity index is 701. The molecule has 21 heavy (non-hydrogen) atoms. The highest BCUT2D eigenvalue weighted by molar-refractivity contribution is 6.12. The molecule has 1 N–H and O–H groups in total. The van der Waals surface area contributed by atoms with Crippen molar-refractivity contribution in [1.82, 2.24) is 0 Å². The molecule has 2 aromatic carbocycles. The van der Waals surface area contributed by atoms with Gasteiger partial charge in [0.1, 0.15) is 5.75 Å². The Morgan fingerprint density at radius 3 is 2.29 bits per heavy atom. The smallest absolute Gasteiger partial charge is 0.336 e. The van der Waals surface area contributed by atoms with Crippen LogP contribution in [-0.2, 0) is 0 Å². The van der Waals surface area contributed by atoms with Gasteiger partial charge >= 0.3 is 5.97 Å². The molecule has 0 aliphatic heterocycles. The topological polar surface area (TPSA) is 63.6 Å². The fraction of sp³-hybridized carbons (Fsp3) is 0.0588. The van der Waals surface area contributed by atoms with E-state index in [0.29, 0.717) is 5.75 Å². The van der Waals surface area contributed by atoms with Gasteiger partial charge < -0.3 is 9.84 Å². The van der Waals surface area contributed by atoms with E-state index in [1.165, 1.54) is 18.2 Å². The van der Waals surface area contributed by atoms with Crippen molar-refractivity contribution in [3.8, 4) is 5.75 Å². The van der Waals surface area contributed by atoms with E-state index in [4.69, 9.17) is 9.84 Å². The van der Waals surface area contributed by atoms with Crippen LogP contribution in [0.3, 0.4) is 0 Å². The summed E-state index contributed by atoms with van der Waals surface area (Å²) in [6.07, 6.45) is 2.96. The normalized spacial score (nSPS) is 10.5. The molecule has 2 rings (SSSR count). The van der Waals surface area contributed by atoms with Gasteiger partial charge in [-0.05, 0) is 24.3 Å². The summed E-state index contributed by atoms with van der Waals surface area (Å²) in [5.74, 6) is -0.836. The van der Waals surface area contributed by atoms with Crippen molar-refractivity contribution in [3.63, 3.8) is 0 Å². The molecular formula is C17H14O4. The SMILES string of the molecule is COc1ccccc1C=CC(=O)c1ccccc1C(=O)O. The van der Waals surface area contributed by atoms with Crippen molar-refractivity contribution in [2.75, 3.05) is 7.11 Å². The number of carbonyl (C=O) groups excluding carboxylic acids is 1. The van der Waals surface area contributed by atoms with Gasteiger partial charge in [0.25, 0.3) is 0 Å². The summed E-state index contributed by atoms with van der Waals surface area (Å²) in [5.41, 5.74) is 0.907. The Kier molecular flexibility index (Phi) is 4.51. The summed E-state index contributed by atoms with van der Waals surface area (Å²) in [6, 6.07) is 13.4. The van der Waals surface area contributed by atoms with Crippen molar-refractivity contribution in [3.05, 3.63) is 71.3 Å². The van der Waals surface area contributed by atoms with Crippen LogP contribution < -0.4 is 4.74 Å². The minimum atomic E-state index is -1.12. The number of hydrogen-bond acceptors (Lipinski definition) is 3. The molecule has 0 radical (unpaired) electrons. The predicted octanol–water partition coefficient (Wildman–Crippen LogP) is 3.29. The second kappa shape index (κ2) is 6.52. The molecule has 0 aliphatic carbocycles. The molecule has 0 heterocycles. The monoisotopic (exact) mass is 282 g/mol. The van der Waals surface area contributed by atoms with Gasteiger partial charge in [-0.2, -0.15) is 0 Å². The molecule has 106 valence electrons. The van der Waals surface area contributed by atoms with E-state index < -0.39 is 5.97 Å². The third-order valence-electron chi connectivity index (χ3n) is 2.98. The fourth-order valence-corrected chi connectivity index (χ4v) is 1.94. The largest absolute Gasteiger partial charge is 0.496 e. The number of para-hydroxylation sites is 1. The summed E-state index contributed by atoms with van der Waals surface area (Å²) >= 11 is 0. The molecule has 2 aromatic rings. The van der Waals surface area contributed by atoms with Crippen LogP contribution in [0.25, 0.3) is 6.08 Å². The zero-order valence-corrected chi connectivity index (χ0v) is 11.4. The molecular weight excluding hydrogens is 268 g/mol. The zero-order valence-electron chi connectivity index (χ0n) is 11.4. The van der Waals surface area contributed by atoms with Gasteiger partial charge in [0.2, 0.25) is 0 Å². The molecule has 0 aliphatic rings. The number of carbonyl (C=O) groups is 2. The second-order valence-electron chi connectivity index (χ2n) is 4.29. The number of allylic oxidation sites excluding steroid dienone is 1. The van der Waals surface area contributed by atoms with E-state index >= 15 is 0 Å². The highest BCUT2D eigenvalue weighted by Gasteiger charge is 2.13. The molecule has 0 unspecified atom stereocenters. The minimum absolute atomic E-state index is 0.00724. The summed E-state index contributed by atoms with van der Waals surface area (Å²) in [6.45, 7) is 0. The highest BCUT2D eigenvalue weighted by Crippen LogP contribution is 2.19. The van der Waals surface area contributed by atoms with E-state index in [-0.39, 0.29) is 16.9 Å². The van der Waals surface area contributed by atoms with Gasteiger partial charge in [-0.3, -0.25) is 4.79 Å². The van der Waals surface area contributed by atoms with E-state index in [9.17, 15) is 9.59 Å². The van der Waals surface area contributed by atoms with Gasteiger partial charge in [0, 0.05) is 11.1 Å². The number of carboxylic acid groups (broad SMARTS) is 1. The minimum Gasteiger partial charge on any atom is -0.496 e. The molecule has 4 nitrogen and oxygen atoms in total. The lowest BCUT2D eigenvalue weighted by molar-refractivity contribution is 0.0693. The molecule has 0 bridgehead atoms. The Labute approximate surface area is 122 Å². The lowest BCUT2D eigenvalue weighted by Crippen LogP contribution is -2.06. The lowest BCUT2D eigenvalue weighted by atomic mass is 10.0. The predicted molar refractivity (Wildman–Crippen MR) is 79.8 cm³/mol. The molecule has 0 spiro atoms. The van der Waals surface area contributed by atoms with Crippen LogP contribution >= 0.6 is 0 Å². The Morgan fingerprint density at radius 1 is 1.00 bits per heavy atom. The average molecular weight is 282 g/mol. The van der Waals surface area contributed by atoms with Gasteiger partial charge in [0.15, 0.2) is 5.78 Å². The van der Waals surface area contributed by atoms with Crippen molar-refractivity contribution >= 4 is 17.8 Å². The molecule has 0 amide bonds. The van der Waals surface area contributed by atoms with Crippen molar-refractivity contribution < 1.29 is 19.4 Å². The maximum Gasteiger partial charge on any atom is 0.336 e. The first-order chi connectivity index (χ1) is 10.1. The molecule has 0 saturated carbocycles. The van der Waals surface area contributed by atoms with Gasteiger partial charge in [-0.1, -0.05) is 36.4 Å². The average Bonchev–Trinajstić information content (AvgIpc) is 2.52. The quantitative estimate of drug-likeness (QED) is 0.675. The maximum atomic E-state index is 12.2. The summed E-state index contributed by atoms with van der Waals surface area (Å²) in [5, 5.41) is 9.09. The molecule has 0 atom stereocenters. The van der Waals surface area contributed by atoms with Crippen LogP contribution in [0.4, 0.5) is 0 Å². The van der Waals surface area contributed by atoms with E-state index in [0.717, 1.165) is 5.56 Å². The van der Waals surface area contributed by atoms with Crippen LogP contribution in [-0.4, -0.2) is 24.0 Å². The van der Waals surface area contributed by atoms with Crippen LogP contribution in [0.2, 0.25) is 0 Å². The number of benzene rings is 2. The standard InChI is InChI=1S/C17H14O4/c1-21-16-9-5-2-6-12(16)10-11-15(18)13-7-3-4-8-14(13)17(19)20/h2-11H,1H3,(H,19,20). The fourth-order valence-electron chi connectivity index (χ4n) is 1.94. The summed E-state index contributed by atoms with van der Waals surface area (Å²) in [7, 11) is 1.55. The van der Waals surface area contributed by atoms with Crippen molar-refractivity contribution in [2.24, 2.45) is 0 Å². The van der Waals surface area contributed by atoms with Gasteiger partial charge in [-0.25, -0.2) is 4.79 Å². The summed E-state index contributed by atoms with van der Waals surface area (Å²) < 4.78 is 5.19. The number of rotatable bonds is 5. The van der Waals surface area contributed by atoms with E-state index in [1.54, 1.807) is 31.4 Å². The highest BCUT2D eigenvalue weighted by atomic mass is 16.5. The number of methoxy groups -OCH3 is 1. The van der Waals surface area contributed by atoms with Crippen LogP contribution in [0.1, 0.15) is 26.3 Å². The lowest BCUT2D eigenvalue weighted by Gasteiger charge is -2.04. The van der Waals surface area contributed by atoms with Crippen LogP contribution in [0.15, 0.2) is 54.6 Å². The number of hydrogen-bond donors (Lipinski definition) is 1. The van der Waals surface area contributed by atoms with E-state index in [1.807, 2.05) is 18.2 Å². The van der Waals surface area contributed by atoms with Crippen molar-refractivity contribution in [1.29, 1.82) is 0 Å². The second-order valence-corrected chi connectivity index (χ2v) is 4.29. The van der Waals surface area contributed by atoms with Crippen LogP contribution in [0, 0.1) is 0 Å². The number of carboxylic acids is 1. The Hall–Kier alpha value is -2.88. The number of ketones is 1. The third kappa shape index (κ3) is 3.36. The summed E-state index contributed by atoms with van der Waals surface area (Å²) in [4.78, 5) is 23.3. The molecule has 0 fully saturated rings. The van der Waals surface area contributed by atoms with Crippen molar-refractivity contribution in [2.45, 2.75) is 0 Å². The van der Waals surface area contributed by atoms with Crippen LogP contribution in [0.5, 0.6) is 5.75 Å². The third-order valence-corrected chi connectivity index (χ3v) is 2.98. The molecule has 0 aromatic heterocycles. The first-order valence-corrected chi connectivity index (χ1v) is 6.31. The number of aromatic carboxylic acids is 1. The first kappa shape index (κ1) is 14.5.